The molecule has 0 aliphatic heterocycles. The molecule has 2 aromatic heterocycles. The fourth-order valence-corrected chi connectivity index (χ4v) is 6.16. The van der Waals surface area contributed by atoms with Crippen molar-refractivity contribution in [3.63, 3.8) is 0 Å². The number of rotatable bonds is 4. The summed E-state index contributed by atoms with van der Waals surface area (Å²) >= 11 is 0. The number of hydrogen-bond donors (Lipinski definition) is 1. The molecule has 238 valence electrons. The first kappa shape index (κ1) is 32.4. The number of hydrogen-bond acceptors (Lipinski definition) is 3. The van der Waals surface area contributed by atoms with Gasteiger partial charge in [-0.3, -0.25) is 9.97 Å². The van der Waals surface area contributed by atoms with Crippen LogP contribution in [0.4, 0.5) is 0 Å². The Balaban J connectivity index is 0.00000386. The van der Waals surface area contributed by atoms with Crippen molar-refractivity contribution in [1.29, 1.82) is 0 Å². The van der Waals surface area contributed by atoms with Gasteiger partial charge in [-0.25, -0.2) is 0 Å². The van der Waals surface area contributed by atoms with Crippen LogP contribution in [-0.4, -0.2) is 19.6 Å². The summed E-state index contributed by atoms with van der Waals surface area (Å²) in [6.07, 6.45) is 1.85. The van der Waals surface area contributed by atoms with Gasteiger partial charge < -0.3 is 9.67 Å². The maximum absolute atomic E-state index is 10.8. The SMILES string of the molecule is CC(C)(C)c1ccc(-n2c(-c3[c-]c(-c4cc(C(C)(C)C)cc5cccnc45)ccc3)nc3c(-c4ccccc4O)cccc32)cc1.[Pt]. The average molecular weight is 796 g/mol. The molecule has 0 fully saturated rings. The summed E-state index contributed by atoms with van der Waals surface area (Å²) in [7, 11) is 0. The third-order valence-corrected chi connectivity index (χ3v) is 8.77. The van der Waals surface area contributed by atoms with Gasteiger partial charge in [0.05, 0.1) is 16.9 Å². The molecule has 0 saturated heterocycles. The normalized spacial score (nSPS) is 12.0. The smallest absolute Gasteiger partial charge is 0.123 e. The van der Waals surface area contributed by atoms with Gasteiger partial charge in [-0.1, -0.05) is 113 Å². The zero-order valence-electron chi connectivity index (χ0n) is 27.6. The van der Waals surface area contributed by atoms with Gasteiger partial charge in [0.2, 0.25) is 0 Å². The molecule has 0 spiro atoms. The van der Waals surface area contributed by atoms with E-state index in [4.69, 9.17) is 9.97 Å². The average Bonchev–Trinajstić information content (AvgIpc) is 3.44. The second-order valence-electron chi connectivity index (χ2n) is 14.1. The molecule has 7 aromatic rings. The van der Waals surface area contributed by atoms with E-state index in [0.29, 0.717) is 0 Å². The van der Waals surface area contributed by atoms with Crippen molar-refractivity contribution in [3.05, 3.63) is 133 Å². The summed E-state index contributed by atoms with van der Waals surface area (Å²) in [6.45, 7) is 13.4. The van der Waals surface area contributed by atoms with Crippen molar-refractivity contribution >= 4 is 21.9 Å². The van der Waals surface area contributed by atoms with E-state index >= 15 is 0 Å². The molecule has 0 aliphatic rings. The van der Waals surface area contributed by atoms with Crippen LogP contribution >= 0.6 is 0 Å². The van der Waals surface area contributed by atoms with E-state index < -0.39 is 0 Å². The van der Waals surface area contributed by atoms with Crippen LogP contribution in [0.25, 0.3) is 61.3 Å². The fourth-order valence-electron chi connectivity index (χ4n) is 6.16. The van der Waals surface area contributed by atoms with Crippen LogP contribution in [0.3, 0.4) is 0 Å². The van der Waals surface area contributed by atoms with E-state index in [1.165, 1.54) is 11.1 Å². The minimum absolute atomic E-state index is 0. The Morgan fingerprint density at radius 3 is 2.02 bits per heavy atom. The molecule has 1 N–H and O–H groups in total. The molecular weight excluding hydrogens is 758 g/mol. The van der Waals surface area contributed by atoms with Crippen molar-refractivity contribution in [2.24, 2.45) is 0 Å². The quantitative estimate of drug-likeness (QED) is 0.181. The maximum Gasteiger partial charge on any atom is 0.123 e. The number of phenols is 1. The molecule has 0 aliphatic carbocycles. The number of para-hydroxylation sites is 2. The number of pyridine rings is 1. The summed E-state index contributed by atoms with van der Waals surface area (Å²) in [5.74, 6) is 1.01. The van der Waals surface area contributed by atoms with Crippen molar-refractivity contribution in [3.8, 4) is 45.1 Å². The molecule has 7 rings (SSSR count). The topological polar surface area (TPSA) is 50.9 Å². The Morgan fingerprint density at radius 1 is 0.617 bits per heavy atom. The monoisotopic (exact) mass is 795 g/mol. The zero-order valence-corrected chi connectivity index (χ0v) is 29.8. The molecule has 0 saturated carbocycles. The van der Waals surface area contributed by atoms with E-state index in [1.54, 1.807) is 6.07 Å². The molecule has 0 atom stereocenters. The van der Waals surface area contributed by atoms with Crippen LogP contribution in [0, 0.1) is 6.07 Å². The van der Waals surface area contributed by atoms with Gasteiger partial charge in [-0.2, -0.15) is 0 Å². The third-order valence-electron chi connectivity index (χ3n) is 8.77. The first-order valence-corrected chi connectivity index (χ1v) is 15.8. The number of aromatic nitrogens is 3. The number of imidazole rings is 1. The van der Waals surface area contributed by atoms with Gasteiger partial charge in [0, 0.05) is 49.6 Å². The van der Waals surface area contributed by atoms with Crippen LogP contribution in [0.15, 0.2) is 115 Å². The molecule has 0 unspecified atom stereocenters. The predicted octanol–water partition coefficient (Wildman–Crippen LogP) is 10.7. The maximum atomic E-state index is 10.8. The van der Waals surface area contributed by atoms with E-state index in [0.717, 1.165) is 61.3 Å². The van der Waals surface area contributed by atoms with Crippen molar-refractivity contribution in [2.45, 2.75) is 52.4 Å². The molecule has 0 amide bonds. The molecular formula is C42H38N3OPt-. The number of aromatic hydroxyl groups is 1. The van der Waals surface area contributed by atoms with Gasteiger partial charge in [-0.05, 0) is 57.7 Å². The Bertz CT molecular complexity index is 2230. The molecule has 0 radical (unpaired) electrons. The first-order chi connectivity index (χ1) is 22.0. The Labute approximate surface area is 291 Å². The molecule has 5 aromatic carbocycles. The Hall–Kier alpha value is -4.53. The zero-order chi connectivity index (χ0) is 32.2. The minimum atomic E-state index is -0.0248. The molecule has 2 heterocycles. The van der Waals surface area contributed by atoms with Crippen molar-refractivity contribution < 1.29 is 26.2 Å². The van der Waals surface area contributed by atoms with Crippen LogP contribution in [0.2, 0.25) is 0 Å². The van der Waals surface area contributed by atoms with Crippen LogP contribution in [-0.2, 0) is 31.9 Å². The molecule has 4 nitrogen and oxygen atoms in total. The second kappa shape index (κ2) is 12.2. The van der Waals surface area contributed by atoms with E-state index in [2.05, 4.69) is 119 Å². The van der Waals surface area contributed by atoms with Crippen molar-refractivity contribution in [1.82, 2.24) is 14.5 Å². The largest absolute Gasteiger partial charge is 0.507 e. The standard InChI is InChI=1S/C42H38N3O.Pt/c1-41(2,3)30-19-21-32(22-20-30)45-36-17-10-16-34(33-15-7-8-18-37(33)46)39(36)44-40(45)29-13-9-12-27(24-29)35-26-31(42(4,5)6)25-28-14-11-23-43-38(28)35;/h7-23,25-26,46H,1-6H3;/q-1;. The number of fused-ring (bicyclic) bond motifs is 2. The van der Waals surface area contributed by atoms with E-state index in [-0.39, 0.29) is 37.6 Å². The van der Waals surface area contributed by atoms with E-state index in [9.17, 15) is 5.11 Å². The molecule has 47 heavy (non-hydrogen) atoms. The molecule has 0 bridgehead atoms. The van der Waals surface area contributed by atoms with Crippen LogP contribution < -0.4 is 0 Å². The number of phenolic OH excluding ortho intramolecular Hbond substituents is 1. The molecule has 5 heteroatoms. The summed E-state index contributed by atoms with van der Waals surface area (Å²) < 4.78 is 2.21. The van der Waals surface area contributed by atoms with Gasteiger partial charge in [0.25, 0.3) is 0 Å². The first-order valence-electron chi connectivity index (χ1n) is 15.8. The Kier molecular flexibility index (Phi) is 8.44. The van der Waals surface area contributed by atoms with Crippen LogP contribution in [0.1, 0.15) is 52.7 Å². The van der Waals surface area contributed by atoms with Crippen molar-refractivity contribution in [2.75, 3.05) is 0 Å². The summed E-state index contributed by atoms with van der Waals surface area (Å²) in [4.78, 5) is 10.1. The van der Waals surface area contributed by atoms with E-state index in [1.807, 2.05) is 42.6 Å². The predicted molar refractivity (Wildman–Crippen MR) is 191 cm³/mol. The van der Waals surface area contributed by atoms with Gasteiger partial charge in [0.1, 0.15) is 5.75 Å². The van der Waals surface area contributed by atoms with Gasteiger partial charge in [-0.15, -0.1) is 29.8 Å². The summed E-state index contributed by atoms with van der Waals surface area (Å²) in [6, 6.07) is 41.0. The Morgan fingerprint density at radius 2 is 1.30 bits per heavy atom. The summed E-state index contributed by atoms with van der Waals surface area (Å²) in [5, 5.41) is 11.9. The van der Waals surface area contributed by atoms with Gasteiger partial charge in [0.15, 0.2) is 0 Å². The van der Waals surface area contributed by atoms with Crippen LogP contribution in [0.5, 0.6) is 5.75 Å². The van der Waals surface area contributed by atoms with Gasteiger partial charge >= 0.3 is 0 Å². The minimum Gasteiger partial charge on any atom is -0.507 e. The summed E-state index contributed by atoms with van der Waals surface area (Å²) in [5.41, 5.74) is 10.8. The number of nitrogens with zero attached hydrogens (tertiary/aromatic N) is 3. The number of benzene rings is 5. The third kappa shape index (κ3) is 6.03. The second-order valence-corrected chi connectivity index (χ2v) is 14.1. The fraction of sp³-hybridized carbons (Fsp3) is 0.190.